The molecule has 0 aliphatic carbocycles. The number of imide groups is 1. The lowest BCUT2D eigenvalue weighted by atomic mass is 10.00. The fourth-order valence-electron chi connectivity index (χ4n) is 3.34. The van der Waals surface area contributed by atoms with Crippen LogP contribution in [0.1, 0.15) is 5.69 Å². The van der Waals surface area contributed by atoms with Crippen LogP contribution in [0.5, 0.6) is 11.5 Å². The van der Waals surface area contributed by atoms with E-state index in [-0.39, 0.29) is 43.3 Å². The molecule has 0 bridgehead atoms. The molecule has 1 aromatic carbocycles. The number of carbonyl (C=O) groups is 3. The Morgan fingerprint density at radius 1 is 1.14 bits per heavy atom. The van der Waals surface area contributed by atoms with Gasteiger partial charge in [0.25, 0.3) is 0 Å². The number of nitrogens with zero attached hydrogens (tertiary/aromatic N) is 2. The van der Waals surface area contributed by atoms with Crippen molar-refractivity contribution in [1.29, 1.82) is 0 Å². The van der Waals surface area contributed by atoms with Gasteiger partial charge in [-0.15, -0.1) is 0 Å². The Labute approximate surface area is 159 Å². The van der Waals surface area contributed by atoms with Crippen molar-refractivity contribution in [2.45, 2.75) is 6.54 Å². The van der Waals surface area contributed by atoms with Crippen LogP contribution in [-0.4, -0.2) is 40.8 Å². The molecule has 0 saturated carbocycles. The highest BCUT2D eigenvalue weighted by molar-refractivity contribution is 6.06. The zero-order valence-corrected chi connectivity index (χ0v) is 14.7. The van der Waals surface area contributed by atoms with E-state index in [1.54, 1.807) is 18.3 Å². The molecule has 2 saturated heterocycles. The second-order valence-corrected chi connectivity index (χ2v) is 6.67. The standard InChI is InChI=1S/C19H17FN4O4/c20-11-1-3-13(4-2-11)28-14-5-6-21-12(7-14)8-22-19(27)24-9-15-16(10-24)18(26)23-17(15)25/h1-7,15-16H,8-10H2,(H,22,27)(H,23,25,26)/t15-,16+. The van der Waals surface area contributed by atoms with Crippen LogP contribution in [0.15, 0.2) is 42.6 Å². The van der Waals surface area contributed by atoms with Crippen molar-refractivity contribution < 1.29 is 23.5 Å². The summed E-state index contributed by atoms with van der Waals surface area (Å²) in [6.45, 7) is 0.593. The summed E-state index contributed by atoms with van der Waals surface area (Å²) in [4.78, 5) is 41.4. The van der Waals surface area contributed by atoms with Gasteiger partial charge in [-0.2, -0.15) is 0 Å². The van der Waals surface area contributed by atoms with Gasteiger partial charge in [0.15, 0.2) is 0 Å². The highest BCUT2D eigenvalue weighted by Crippen LogP contribution is 2.28. The van der Waals surface area contributed by atoms with E-state index >= 15 is 0 Å². The molecule has 0 unspecified atom stereocenters. The Morgan fingerprint density at radius 2 is 1.82 bits per heavy atom. The number of halogens is 1. The molecule has 4 rings (SSSR count). The van der Waals surface area contributed by atoms with E-state index in [1.807, 2.05) is 0 Å². The maximum absolute atomic E-state index is 13.0. The number of pyridine rings is 1. The Bertz CT molecular complexity index is 912. The molecule has 8 nitrogen and oxygen atoms in total. The fraction of sp³-hybridized carbons (Fsp3) is 0.263. The van der Waals surface area contributed by atoms with Gasteiger partial charge in [0.2, 0.25) is 11.8 Å². The second kappa shape index (κ2) is 7.26. The zero-order valence-electron chi connectivity index (χ0n) is 14.7. The van der Waals surface area contributed by atoms with E-state index in [4.69, 9.17) is 4.74 Å². The first-order valence-electron chi connectivity index (χ1n) is 8.75. The first-order chi connectivity index (χ1) is 13.5. The molecule has 2 fully saturated rings. The summed E-state index contributed by atoms with van der Waals surface area (Å²) in [6, 6.07) is 8.58. The molecule has 9 heteroatoms. The third-order valence-corrected chi connectivity index (χ3v) is 4.79. The van der Waals surface area contributed by atoms with Crippen molar-refractivity contribution in [3.8, 4) is 11.5 Å². The smallest absolute Gasteiger partial charge is 0.317 e. The Hall–Kier alpha value is -3.49. The number of ether oxygens (including phenoxy) is 1. The molecule has 0 radical (unpaired) electrons. The van der Waals surface area contributed by atoms with Crippen molar-refractivity contribution in [3.63, 3.8) is 0 Å². The number of fused-ring (bicyclic) bond motifs is 1. The predicted octanol–water partition coefficient (Wildman–Crippen LogP) is 1.43. The molecular formula is C19H17FN4O4. The van der Waals surface area contributed by atoms with Crippen molar-refractivity contribution >= 4 is 17.8 Å². The molecular weight excluding hydrogens is 367 g/mol. The first-order valence-corrected chi connectivity index (χ1v) is 8.75. The van der Waals surface area contributed by atoms with E-state index in [0.29, 0.717) is 17.2 Å². The van der Waals surface area contributed by atoms with Crippen LogP contribution in [0.25, 0.3) is 0 Å². The summed E-state index contributed by atoms with van der Waals surface area (Å²) in [5, 5.41) is 5.02. The number of likely N-dealkylation sites (tertiary alicyclic amines) is 1. The normalized spacial score (nSPS) is 20.7. The molecule has 2 aromatic rings. The Balaban J connectivity index is 1.34. The molecule has 144 valence electrons. The molecule has 2 N–H and O–H groups in total. The van der Waals surface area contributed by atoms with E-state index in [2.05, 4.69) is 15.6 Å². The Morgan fingerprint density at radius 3 is 2.50 bits per heavy atom. The lowest BCUT2D eigenvalue weighted by Crippen LogP contribution is -2.41. The highest BCUT2D eigenvalue weighted by atomic mass is 19.1. The molecule has 2 atom stereocenters. The quantitative estimate of drug-likeness (QED) is 0.777. The van der Waals surface area contributed by atoms with Crippen molar-refractivity contribution in [1.82, 2.24) is 20.5 Å². The number of hydrogen-bond acceptors (Lipinski definition) is 5. The molecule has 3 heterocycles. The van der Waals surface area contributed by atoms with Gasteiger partial charge in [0, 0.05) is 25.4 Å². The number of amides is 4. The predicted molar refractivity (Wildman–Crippen MR) is 94.6 cm³/mol. The van der Waals surface area contributed by atoms with E-state index in [0.717, 1.165) is 0 Å². The van der Waals surface area contributed by atoms with Gasteiger partial charge in [-0.3, -0.25) is 19.9 Å². The summed E-state index contributed by atoms with van der Waals surface area (Å²) >= 11 is 0. The number of rotatable bonds is 4. The fourth-order valence-corrected chi connectivity index (χ4v) is 3.34. The van der Waals surface area contributed by atoms with Gasteiger partial charge in [-0.25, -0.2) is 9.18 Å². The average Bonchev–Trinajstić information content (AvgIpc) is 3.24. The highest BCUT2D eigenvalue weighted by Gasteiger charge is 2.48. The number of carbonyl (C=O) groups excluding carboxylic acids is 3. The third-order valence-electron chi connectivity index (χ3n) is 4.79. The van der Waals surface area contributed by atoms with Gasteiger partial charge >= 0.3 is 6.03 Å². The maximum Gasteiger partial charge on any atom is 0.317 e. The van der Waals surface area contributed by atoms with Crippen LogP contribution in [0, 0.1) is 17.7 Å². The number of aromatic nitrogens is 1. The van der Waals surface area contributed by atoms with Gasteiger partial charge in [-0.05, 0) is 30.3 Å². The van der Waals surface area contributed by atoms with Crippen molar-refractivity contribution in [3.05, 3.63) is 54.1 Å². The van der Waals surface area contributed by atoms with Crippen LogP contribution in [-0.2, 0) is 16.1 Å². The van der Waals surface area contributed by atoms with Crippen LogP contribution in [0.2, 0.25) is 0 Å². The van der Waals surface area contributed by atoms with Crippen molar-refractivity contribution in [2.24, 2.45) is 11.8 Å². The number of benzene rings is 1. The average molecular weight is 384 g/mol. The Kier molecular flexibility index (Phi) is 4.64. The van der Waals surface area contributed by atoms with E-state index < -0.39 is 11.8 Å². The van der Waals surface area contributed by atoms with Crippen molar-refractivity contribution in [2.75, 3.05) is 13.1 Å². The maximum atomic E-state index is 13.0. The lowest BCUT2D eigenvalue weighted by Gasteiger charge is -2.17. The minimum absolute atomic E-state index is 0.158. The summed E-state index contributed by atoms with van der Waals surface area (Å²) in [6.07, 6.45) is 1.55. The summed E-state index contributed by atoms with van der Waals surface area (Å²) in [5.41, 5.74) is 0.571. The largest absolute Gasteiger partial charge is 0.457 e. The third kappa shape index (κ3) is 3.64. The summed E-state index contributed by atoms with van der Waals surface area (Å²) in [7, 11) is 0. The molecule has 0 spiro atoms. The first kappa shape index (κ1) is 17.9. The molecule has 1 aromatic heterocycles. The molecule has 2 aliphatic rings. The van der Waals surface area contributed by atoms with E-state index in [9.17, 15) is 18.8 Å². The number of nitrogens with one attached hydrogen (secondary N) is 2. The second-order valence-electron chi connectivity index (χ2n) is 6.67. The number of urea groups is 1. The van der Waals surface area contributed by atoms with Crippen LogP contribution in [0.4, 0.5) is 9.18 Å². The zero-order chi connectivity index (χ0) is 19.7. The molecule has 2 aliphatic heterocycles. The lowest BCUT2D eigenvalue weighted by molar-refractivity contribution is -0.126. The monoisotopic (exact) mass is 384 g/mol. The van der Waals surface area contributed by atoms with Gasteiger partial charge in [0.1, 0.15) is 17.3 Å². The van der Waals surface area contributed by atoms with Crippen LogP contribution in [0.3, 0.4) is 0 Å². The molecule has 4 amide bonds. The van der Waals surface area contributed by atoms with Crippen LogP contribution < -0.4 is 15.4 Å². The minimum Gasteiger partial charge on any atom is -0.457 e. The van der Waals surface area contributed by atoms with E-state index in [1.165, 1.54) is 29.2 Å². The molecule has 28 heavy (non-hydrogen) atoms. The topological polar surface area (TPSA) is 101 Å². The van der Waals surface area contributed by atoms with Gasteiger partial charge in [0.05, 0.1) is 24.1 Å². The summed E-state index contributed by atoms with van der Waals surface area (Å²) < 4.78 is 18.6. The minimum atomic E-state index is -0.469. The van der Waals surface area contributed by atoms with Gasteiger partial charge in [-0.1, -0.05) is 0 Å². The van der Waals surface area contributed by atoms with Gasteiger partial charge < -0.3 is 15.0 Å². The number of hydrogen-bond donors (Lipinski definition) is 2. The summed E-state index contributed by atoms with van der Waals surface area (Å²) in [5.74, 6) is -0.948. The van der Waals surface area contributed by atoms with Crippen LogP contribution >= 0.6 is 0 Å². The SMILES string of the molecule is O=C1NC(=O)[C@@H]2CN(C(=O)NCc3cc(Oc4ccc(F)cc4)ccn3)C[C@H]12.